The number of para-hydroxylation sites is 1. The fraction of sp³-hybridized carbons (Fsp3) is 0.375. The Kier molecular flexibility index (Phi) is 8.06. The molecule has 0 spiro atoms. The number of nitrogens with zero attached hydrogens (tertiary/aromatic N) is 3. The van der Waals surface area contributed by atoms with Crippen molar-refractivity contribution < 1.29 is 19.3 Å². The van der Waals surface area contributed by atoms with E-state index in [1.165, 1.54) is 0 Å². The fourth-order valence-electron chi connectivity index (χ4n) is 3.40. The molecule has 1 aromatic heterocycles. The Hall–Kier alpha value is -2.87. The predicted molar refractivity (Wildman–Crippen MR) is 120 cm³/mol. The highest BCUT2D eigenvalue weighted by atomic mass is 16.5. The minimum atomic E-state index is -0.455. The van der Waals surface area contributed by atoms with Crippen LogP contribution in [0.1, 0.15) is 18.2 Å². The summed E-state index contributed by atoms with van der Waals surface area (Å²) in [6, 6.07) is 17.4. The molecule has 1 atom stereocenters. The van der Waals surface area contributed by atoms with Crippen molar-refractivity contribution in [2.75, 3.05) is 33.9 Å². The molecule has 1 unspecified atom stereocenters. The summed E-state index contributed by atoms with van der Waals surface area (Å²) in [4.78, 5) is 2.14. The van der Waals surface area contributed by atoms with Crippen LogP contribution in [0.15, 0.2) is 54.6 Å². The maximum Gasteiger partial charge on any atom is 0.227 e. The molecule has 0 amide bonds. The number of aromatic nitrogens is 2. The van der Waals surface area contributed by atoms with E-state index in [-0.39, 0.29) is 0 Å². The monoisotopic (exact) mass is 425 g/mol. The molecule has 166 valence electrons. The summed E-state index contributed by atoms with van der Waals surface area (Å²) < 4.78 is 18.8. The van der Waals surface area contributed by atoms with E-state index in [2.05, 4.69) is 4.90 Å². The van der Waals surface area contributed by atoms with Gasteiger partial charge in [-0.2, -0.15) is 5.10 Å². The van der Waals surface area contributed by atoms with Crippen LogP contribution in [0.5, 0.6) is 17.4 Å². The van der Waals surface area contributed by atoms with Crippen molar-refractivity contribution in [3.8, 4) is 23.1 Å². The van der Waals surface area contributed by atoms with Gasteiger partial charge in [-0.25, -0.2) is 4.68 Å². The molecule has 1 heterocycles. The lowest BCUT2D eigenvalue weighted by atomic mass is 10.2. The van der Waals surface area contributed by atoms with Gasteiger partial charge in [0.25, 0.3) is 0 Å². The second-order valence-corrected chi connectivity index (χ2v) is 7.47. The molecule has 0 aliphatic heterocycles. The van der Waals surface area contributed by atoms with E-state index in [1.54, 1.807) is 21.1 Å². The molecular formula is C24H31N3O4. The smallest absolute Gasteiger partial charge is 0.227 e. The molecule has 0 radical (unpaired) electrons. The molecule has 0 aliphatic carbocycles. The van der Waals surface area contributed by atoms with E-state index >= 15 is 0 Å². The van der Waals surface area contributed by atoms with E-state index < -0.39 is 6.10 Å². The number of aliphatic hydroxyl groups excluding tert-OH is 1. The number of hydrogen-bond acceptors (Lipinski definition) is 6. The summed E-state index contributed by atoms with van der Waals surface area (Å²) in [7, 11) is 3.31. The molecule has 3 rings (SSSR count). The predicted octanol–water partition coefficient (Wildman–Crippen LogP) is 3.81. The molecule has 0 bridgehead atoms. The Morgan fingerprint density at radius 3 is 2.48 bits per heavy atom. The summed E-state index contributed by atoms with van der Waals surface area (Å²) in [6.07, 6.45) is -0.455. The van der Waals surface area contributed by atoms with Gasteiger partial charge >= 0.3 is 0 Å². The van der Waals surface area contributed by atoms with Crippen LogP contribution in [0.2, 0.25) is 0 Å². The number of hydrogen-bond donors (Lipinski definition) is 1. The highest BCUT2D eigenvalue weighted by Crippen LogP contribution is 2.32. The minimum absolute atomic E-state index is 0.455. The lowest BCUT2D eigenvalue weighted by molar-refractivity contribution is 0.0934. The summed E-state index contributed by atoms with van der Waals surface area (Å²) in [6.45, 7) is 6.13. The molecule has 2 aromatic carbocycles. The minimum Gasteiger partial charge on any atom is -0.497 e. The van der Waals surface area contributed by atoms with Gasteiger partial charge < -0.3 is 19.3 Å². The first-order valence-electron chi connectivity index (χ1n) is 10.4. The first-order chi connectivity index (χ1) is 15.0. The van der Waals surface area contributed by atoms with Crippen LogP contribution in [0, 0.1) is 6.92 Å². The van der Waals surface area contributed by atoms with Crippen molar-refractivity contribution >= 4 is 0 Å². The Bertz CT molecular complexity index is 957. The zero-order chi connectivity index (χ0) is 22.2. The normalized spacial score (nSPS) is 12.2. The van der Waals surface area contributed by atoms with Crippen molar-refractivity contribution in [2.45, 2.75) is 26.5 Å². The first-order valence-corrected chi connectivity index (χ1v) is 10.4. The second-order valence-electron chi connectivity index (χ2n) is 7.47. The average molecular weight is 426 g/mol. The van der Waals surface area contributed by atoms with E-state index in [4.69, 9.17) is 19.3 Å². The van der Waals surface area contributed by atoms with Crippen molar-refractivity contribution in [3.63, 3.8) is 0 Å². The summed E-state index contributed by atoms with van der Waals surface area (Å²) in [5.41, 5.74) is 2.74. The van der Waals surface area contributed by atoms with Gasteiger partial charge in [0.05, 0.1) is 36.8 Å². The van der Waals surface area contributed by atoms with Gasteiger partial charge in [0.15, 0.2) is 0 Å². The standard InChI is InChI=1S/C24H31N3O4/c1-18(28)16-26(13-14-29-3)17-23-19(2)25-27(20-9-6-5-7-10-20)24(23)31-22-12-8-11-21(15-22)30-4/h5-12,15,18,28H,13-14,16-17H2,1-4H3. The van der Waals surface area contributed by atoms with Gasteiger partial charge in [0.2, 0.25) is 5.88 Å². The van der Waals surface area contributed by atoms with Crippen LogP contribution >= 0.6 is 0 Å². The number of aryl methyl sites for hydroxylation is 1. The number of benzene rings is 2. The maximum atomic E-state index is 9.97. The van der Waals surface area contributed by atoms with E-state index in [1.807, 2.05) is 66.2 Å². The lowest BCUT2D eigenvalue weighted by Crippen LogP contribution is -2.33. The van der Waals surface area contributed by atoms with E-state index in [0.29, 0.717) is 37.9 Å². The molecule has 0 saturated carbocycles. The Morgan fingerprint density at radius 1 is 1.06 bits per heavy atom. The van der Waals surface area contributed by atoms with E-state index in [9.17, 15) is 5.11 Å². The van der Waals surface area contributed by atoms with Gasteiger partial charge in [0.1, 0.15) is 11.5 Å². The number of methoxy groups -OCH3 is 2. The summed E-state index contributed by atoms with van der Waals surface area (Å²) in [5, 5.41) is 14.7. The third-order valence-electron chi connectivity index (χ3n) is 4.91. The Balaban J connectivity index is 2.01. The van der Waals surface area contributed by atoms with Crippen molar-refractivity contribution in [3.05, 3.63) is 65.9 Å². The van der Waals surface area contributed by atoms with Gasteiger partial charge in [-0.1, -0.05) is 24.3 Å². The van der Waals surface area contributed by atoms with Crippen LogP contribution in [0.3, 0.4) is 0 Å². The van der Waals surface area contributed by atoms with Gasteiger partial charge in [0, 0.05) is 32.8 Å². The fourth-order valence-corrected chi connectivity index (χ4v) is 3.40. The van der Waals surface area contributed by atoms with Gasteiger partial charge in [-0.05, 0) is 38.1 Å². The van der Waals surface area contributed by atoms with Gasteiger partial charge in [-0.3, -0.25) is 4.90 Å². The van der Waals surface area contributed by atoms with Crippen LogP contribution in [-0.4, -0.2) is 59.8 Å². The van der Waals surface area contributed by atoms with Crippen molar-refractivity contribution in [2.24, 2.45) is 0 Å². The molecule has 0 saturated heterocycles. The van der Waals surface area contributed by atoms with Crippen LogP contribution in [-0.2, 0) is 11.3 Å². The summed E-state index contributed by atoms with van der Waals surface area (Å²) >= 11 is 0. The van der Waals surface area contributed by atoms with Crippen LogP contribution < -0.4 is 9.47 Å². The number of ether oxygens (including phenoxy) is 3. The van der Waals surface area contributed by atoms with Crippen LogP contribution in [0.4, 0.5) is 0 Å². The third-order valence-corrected chi connectivity index (χ3v) is 4.91. The molecule has 0 aliphatic rings. The zero-order valence-electron chi connectivity index (χ0n) is 18.6. The molecule has 7 heteroatoms. The molecule has 3 aromatic rings. The molecular weight excluding hydrogens is 394 g/mol. The van der Waals surface area contributed by atoms with Crippen LogP contribution in [0.25, 0.3) is 5.69 Å². The third kappa shape index (κ3) is 6.07. The first kappa shape index (κ1) is 22.8. The largest absolute Gasteiger partial charge is 0.497 e. The molecule has 1 N–H and O–H groups in total. The topological polar surface area (TPSA) is 69.0 Å². The molecule has 0 fully saturated rings. The highest BCUT2D eigenvalue weighted by Gasteiger charge is 2.22. The van der Waals surface area contributed by atoms with Crippen molar-refractivity contribution in [1.29, 1.82) is 0 Å². The Labute approximate surface area is 183 Å². The van der Waals surface area contributed by atoms with Gasteiger partial charge in [-0.15, -0.1) is 0 Å². The Morgan fingerprint density at radius 2 is 1.81 bits per heavy atom. The number of aliphatic hydroxyl groups is 1. The maximum absolute atomic E-state index is 9.97. The zero-order valence-corrected chi connectivity index (χ0v) is 18.6. The molecule has 31 heavy (non-hydrogen) atoms. The number of rotatable bonds is 11. The van der Waals surface area contributed by atoms with Crippen molar-refractivity contribution in [1.82, 2.24) is 14.7 Å². The SMILES string of the molecule is COCCN(Cc1c(C)nn(-c2ccccc2)c1Oc1cccc(OC)c1)CC(C)O. The highest BCUT2D eigenvalue weighted by molar-refractivity contribution is 5.44. The van der Waals surface area contributed by atoms with E-state index in [0.717, 1.165) is 22.7 Å². The quantitative estimate of drug-likeness (QED) is 0.504. The second kappa shape index (κ2) is 10.9. The summed E-state index contributed by atoms with van der Waals surface area (Å²) in [5.74, 6) is 2.03. The lowest BCUT2D eigenvalue weighted by Gasteiger charge is -2.23. The molecule has 7 nitrogen and oxygen atoms in total. The average Bonchev–Trinajstić information content (AvgIpc) is 3.07.